The molecule has 0 aliphatic rings. The largest absolute Gasteiger partial charge is 0.511 e. The molecule has 58 heavy (non-hydrogen) atoms. The summed E-state index contributed by atoms with van der Waals surface area (Å²) in [6.45, 7) is 5.64. The number of aromatic nitrogens is 6. The molecule has 12 heteroatoms. The van der Waals surface area contributed by atoms with Gasteiger partial charge in [-0.2, -0.15) is 0 Å². The quantitative estimate of drug-likeness (QED) is 0.0567. The van der Waals surface area contributed by atoms with Crippen molar-refractivity contribution < 1.29 is 23.8 Å². The molecule has 1 atom stereocenters. The van der Waals surface area contributed by atoms with Gasteiger partial charge in [0.15, 0.2) is 11.5 Å². The summed E-state index contributed by atoms with van der Waals surface area (Å²) in [6, 6.07) is 47.2. The van der Waals surface area contributed by atoms with Gasteiger partial charge < -0.3 is 18.8 Å². The molecule has 294 valence electrons. The first-order valence-electron chi connectivity index (χ1n) is 19.3. The van der Waals surface area contributed by atoms with Crippen molar-refractivity contribution in [2.24, 2.45) is 0 Å². The number of imidazole rings is 1. The van der Waals surface area contributed by atoms with Crippen LogP contribution in [0.25, 0.3) is 22.5 Å². The van der Waals surface area contributed by atoms with Crippen LogP contribution in [0.3, 0.4) is 0 Å². The average Bonchev–Trinajstić information content (AvgIpc) is 3.86. The fraction of sp³-hybridized carbons (Fsp3) is 0.217. The minimum absolute atomic E-state index is 0.0482. The van der Waals surface area contributed by atoms with Crippen molar-refractivity contribution in [3.05, 3.63) is 178 Å². The van der Waals surface area contributed by atoms with Gasteiger partial charge in [-0.15, -0.1) is 5.10 Å². The molecule has 2 aromatic heterocycles. The highest BCUT2D eigenvalue weighted by atomic mass is 35.5. The second-order valence-corrected chi connectivity index (χ2v) is 14.0. The number of ether oxygens (including phenoxy) is 3. The molecule has 1 unspecified atom stereocenters. The topological polar surface area (TPSA) is 123 Å². The molecule has 0 N–H and O–H groups in total. The molecule has 7 rings (SSSR count). The highest BCUT2D eigenvalue weighted by Gasteiger charge is 2.42. The van der Waals surface area contributed by atoms with E-state index in [4.69, 9.17) is 36.1 Å². The van der Waals surface area contributed by atoms with Gasteiger partial charge in [0.05, 0.1) is 13.2 Å². The Balaban J connectivity index is 1.24. The molecule has 11 nitrogen and oxygen atoms in total. The lowest BCUT2D eigenvalue weighted by atomic mass is 9.77. The minimum atomic E-state index is -1.20. The van der Waals surface area contributed by atoms with E-state index >= 15 is 0 Å². The molecule has 0 aliphatic heterocycles. The number of nitrogens with zero attached hydrogens (tertiary/aromatic N) is 6. The first-order valence-corrected chi connectivity index (χ1v) is 19.7. The third kappa shape index (κ3) is 8.12. The monoisotopic (exact) mass is 794 g/mol. The Morgan fingerprint density at radius 1 is 0.741 bits per heavy atom. The van der Waals surface area contributed by atoms with Crippen LogP contribution >= 0.6 is 11.6 Å². The van der Waals surface area contributed by atoms with E-state index in [0.29, 0.717) is 24.6 Å². The van der Waals surface area contributed by atoms with Gasteiger partial charge in [-0.05, 0) is 57.2 Å². The predicted octanol–water partition coefficient (Wildman–Crippen LogP) is 9.76. The fourth-order valence-corrected chi connectivity index (χ4v) is 7.48. The summed E-state index contributed by atoms with van der Waals surface area (Å²) in [5.74, 6) is 0.449. The van der Waals surface area contributed by atoms with E-state index in [-0.39, 0.29) is 17.5 Å². The Bertz CT molecular complexity index is 2360. The highest BCUT2D eigenvalue weighted by molar-refractivity contribution is 6.32. The first kappa shape index (κ1) is 39.6. The van der Waals surface area contributed by atoms with Crippen LogP contribution in [0, 0.1) is 0 Å². The van der Waals surface area contributed by atoms with E-state index in [0.717, 1.165) is 51.8 Å². The summed E-state index contributed by atoms with van der Waals surface area (Å²) in [5.41, 5.74) is 5.78. The van der Waals surface area contributed by atoms with Crippen LogP contribution in [0.4, 0.5) is 4.79 Å². The summed E-state index contributed by atoms with van der Waals surface area (Å²) < 4.78 is 18.9. The van der Waals surface area contributed by atoms with Gasteiger partial charge in [0.2, 0.25) is 6.29 Å². The summed E-state index contributed by atoms with van der Waals surface area (Å²) in [5, 5.41) is 13.9. The van der Waals surface area contributed by atoms with Crippen LogP contribution in [0.15, 0.2) is 140 Å². The summed E-state index contributed by atoms with van der Waals surface area (Å²) in [7, 11) is 0. The number of rotatable bonds is 15. The second-order valence-electron chi connectivity index (χ2n) is 13.6. The second kappa shape index (κ2) is 18.1. The maximum atomic E-state index is 13.1. The van der Waals surface area contributed by atoms with Gasteiger partial charge in [-0.25, -0.2) is 19.3 Å². The Morgan fingerprint density at radius 3 is 1.88 bits per heavy atom. The molecule has 0 fully saturated rings. The highest BCUT2D eigenvalue weighted by Crippen LogP contribution is 2.43. The van der Waals surface area contributed by atoms with Gasteiger partial charge in [-0.3, -0.25) is 0 Å². The Morgan fingerprint density at radius 2 is 1.31 bits per heavy atom. The molecule has 0 saturated heterocycles. The number of carbonyl (C=O) groups excluding carboxylic acids is 2. The molecule has 2 heterocycles. The molecular weight excluding hydrogens is 752 g/mol. The van der Waals surface area contributed by atoms with E-state index in [1.54, 1.807) is 6.92 Å². The number of unbranched alkanes of at least 4 members (excludes halogenated alkanes) is 1. The molecule has 5 aromatic carbocycles. The Kier molecular flexibility index (Phi) is 12.4. The van der Waals surface area contributed by atoms with Gasteiger partial charge in [0.1, 0.15) is 16.5 Å². The SMILES string of the molecule is CCCCc1nc(C(=O)OC(C)OC(=O)OCC)c(Cl)n1Cc1ccc(-c2ccccc2-c2nnnn2C(c2ccccc2)(c2ccccc2)c2ccccc2)cc1. The maximum absolute atomic E-state index is 13.1. The van der Waals surface area contributed by atoms with Crippen molar-refractivity contribution in [3.63, 3.8) is 0 Å². The zero-order chi connectivity index (χ0) is 40.5. The zero-order valence-corrected chi connectivity index (χ0v) is 33.3. The minimum Gasteiger partial charge on any atom is -0.435 e. The van der Waals surface area contributed by atoms with Crippen LogP contribution < -0.4 is 0 Å². The van der Waals surface area contributed by atoms with E-state index in [2.05, 4.69) is 71.7 Å². The summed E-state index contributed by atoms with van der Waals surface area (Å²) in [6.07, 6.45) is 0.245. The third-order valence-electron chi connectivity index (χ3n) is 9.86. The number of aryl methyl sites for hydroxylation is 1. The fourth-order valence-electron chi connectivity index (χ4n) is 7.20. The average molecular weight is 795 g/mol. The zero-order valence-electron chi connectivity index (χ0n) is 32.5. The van der Waals surface area contributed by atoms with Gasteiger partial charge in [0.25, 0.3) is 0 Å². The van der Waals surface area contributed by atoms with Crippen molar-refractivity contribution >= 4 is 23.7 Å². The molecule has 0 radical (unpaired) electrons. The van der Waals surface area contributed by atoms with Crippen molar-refractivity contribution in [1.29, 1.82) is 0 Å². The lowest BCUT2D eigenvalue weighted by Crippen LogP contribution is -2.39. The molecule has 0 amide bonds. The Labute approximate surface area is 342 Å². The molecule has 0 saturated carbocycles. The van der Waals surface area contributed by atoms with Gasteiger partial charge >= 0.3 is 12.1 Å². The van der Waals surface area contributed by atoms with E-state index in [1.807, 2.05) is 94.2 Å². The van der Waals surface area contributed by atoms with Crippen LogP contribution in [0.5, 0.6) is 0 Å². The van der Waals surface area contributed by atoms with Crippen molar-refractivity contribution in [3.8, 4) is 22.5 Å². The molecule has 0 aliphatic carbocycles. The van der Waals surface area contributed by atoms with Crippen molar-refractivity contribution in [2.75, 3.05) is 6.61 Å². The van der Waals surface area contributed by atoms with Crippen LogP contribution in [0.2, 0.25) is 5.15 Å². The van der Waals surface area contributed by atoms with Crippen LogP contribution in [0.1, 0.15) is 72.2 Å². The predicted molar refractivity (Wildman–Crippen MR) is 221 cm³/mol. The molecule has 7 aromatic rings. The first-order chi connectivity index (χ1) is 28.3. The van der Waals surface area contributed by atoms with Gasteiger partial charge in [-0.1, -0.05) is 164 Å². The smallest absolute Gasteiger partial charge is 0.435 e. The van der Waals surface area contributed by atoms with E-state index in [1.165, 1.54) is 6.92 Å². The molecular formula is C46H43ClN6O5. The number of benzene rings is 5. The number of halogens is 1. The number of hydrogen-bond donors (Lipinski definition) is 0. The number of hydrogen-bond acceptors (Lipinski definition) is 9. The lowest BCUT2D eigenvalue weighted by Gasteiger charge is -2.36. The standard InChI is InChI=1S/C46H43ClN6O5/c1-4-6-26-40-48-41(44(54)57-32(3)58-45(55)56-5-2)42(47)52(40)31-33-27-29-34(30-28-33)38-24-16-17-25-39(38)43-49-50-51-53(43)46(35-18-10-7-11-19-35,36-20-12-8-13-21-36)37-22-14-9-15-23-37/h7-25,27-30,32H,4-6,26,31H2,1-3H3. The van der Waals surface area contributed by atoms with E-state index < -0.39 is 24.0 Å². The maximum Gasteiger partial charge on any atom is 0.511 e. The van der Waals surface area contributed by atoms with E-state index in [9.17, 15) is 9.59 Å². The van der Waals surface area contributed by atoms with Crippen molar-refractivity contribution in [1.82, 2.24) is 29.8 Å². The third-order valence-corrected chi connectivity index (χ3v) is 10.2. The molecule has 0 bridgehead atoms. The van der Waals surface area contributed by atoms with Crippen molar-refractivity contribution in [2.45, 2.75) is 58.4 Å². The lowest BCUT2D eigenvalue weighted by molar-refractivity contribution is -0.0814. The summed E-state index contributed by atoms with van der Waals surface area (Å²) in [4.78, 5) is 29.4. The Hall–Kier alpha value is -6.59. The van der Waals surface area contributed by atoms with Crippen LogP contribution in [-0.4, -0.2) is 54.8 Å². The number of carbonyl (C=O) groups is 2. The number of tetrazole rings is 1. The number of esters is 1. The normalized spacial score (nSPS) is 11.9. The molecule has 0 spiro atoms. The van der Waals surface area contributed by atoms with Gasteiger partial charge in [0, 0.05) is 18.9 Å². The summed E-state index contributed by atoms with van der Waals surface area (Å²) >= 11 is 6.83. The van der Waals surface area contributed by atoms with Crippen LogP contribution in [-0.2, 0) is 32.7 Å².